The van der Waals surface area contributed by atoms with Crippen LogP contribution in [0.2, 0.25) is 0 Å². The third-order valence-corrected chi connectivity index (χ3v) is 5.59. The van der Waals surface area contributed by atoms with Gasteiger partial charge >= 0.3 is 6.03 Å². The Hall–Kier alpha value is -3.80. The number of hydrogen-bond donors (Lipinski definition) is 2. The first-order valence-electron chi connectivity index (χ1n) is 10.4. The summed E-state index contributed by atoms with van der Waals surface area (Å²) < 4.78 is 2.32. The molecule has 6 nitrogen and oxygen atoms in total. The molecule has 0 fully saturated rings. The number of carbonyl (C=O) groups is 2. The summed E-state index contributed by atoms with van der Waals surface area (Å²) in [5.41, 5.74) is 10.1. The SMILES string of the molecule is CCn1c2ccccc2c2cc(CN(C)C(=O)c3ccc(CNC(N)=O)cc3)ccc21. The number of amides is 3. The number of primary amides is 1. The van der Waals surface area contributed by atoms with E-state index < -0.39 is 6.03 Å². The lowest BCUT2D eigenvalue weighted by Crippen LogP contribution is -2.28. The molecular weight excluding hydrogens is 388 g/mol. The van der Waals surface area contributed by atoms with Crippen LogP contribution in [0.25, 0.3) is 21.8 Å². The molecule has 1 heterocycles. The molecule has 4 aromatic rings. The average molecular weight is 415 g/mol. The molecule has 0 aliphatic carbocycles. The third-order valence-electron chi connectivity index (χ3n) is 5.59. The molecule has 0 aliphatic rings. The van der Waals surface area contributed by atoms with Crippen molar-refractivity contribution in [3.8, 4) is 0 Å². The van der Waals surface area contributed by atoms with Crippen molar-refractivity contribution in [2.75, 3.05) is 7.05 Å². The van der Waals surface area contributed by atoms with Gasteiger partial charge in [-0.3, -0.25) is 4.79 Å². The Bertz CT molecular complexity index is 1260. The van der Waals surface area contributed by atoms with Gasteiger partial charge in [-0.05, 0) is 48.4 Å². The van der Waals surface area contributed by atoms with E-state index in [4.69, 9.17) is 5.73 Å². The van der Waals surface area contributed by atoms with Gasteiger partial charge in [0.05, 0.1) is 0 Å². The van der Waals surface area contributed by atoms with E-state index in [1.165, 1.54) is 21.8 Å². The molecule has 0 unspecified atom stereocenters. The van der Waals surface area contributed by atoms with Crippen LogP contribution in [-0.2, 0) is 19.6 Å². The van der Waals surface area contributed by atoms with Gasteiger partial charge in [-0.25, -0.2) is 4.79 Å². The quantitative estimate of drug-likeness (QED) is 0.494. The summed E-state index contributed by atoms with van der Waals surface area (Å²) in [5.74, 6) is -0.0505. The van der Waals surface area contributed by atoms with E-state index >= 15 is 0 Å². The third kappa shape index (κ3) is 4.10. The fourth-order valence-corrected chi connectivity index (χ4v) is 4.06. The van der Waals surface area contributed by atoms with Crippen LogP contribution in [0, 0.1) is 0 Å². The normalized spacial score (nSPS) is 11.0. The molecule has 3 aromatic carbocycles. The van der Waals surface area contributed by atoms with Crippen molar-refractivity contribution in [1.82, 2.24) is 14.8 Å². The second kappa shape index (κ2) is 8.52. The minimum Gasteiger partial charge on any atom is -0.352 e. The summed E-state index contributed by atoms with van der Waals surface area (Å²) in [4.78, 5) is 25.4. The molecule has 31 heavy (non-hydrogen) atoms. The fourth-order valence-electron chi connectivity index (χ4n) is 4.06. The van der Waals surface area contributed by atoms with Gasteiger partial charge in [0.2, 0.25) is 0 Å². The number of para-hydroxylation sites is 1. The monoisotopic (exact) mass is 414 g/mol. The summed E-state index contributed by atoms with van der Waals surface area (Å²) in [7, 11) is 1.81. The number of nitrogens with one attached hydrogen (secondary N) is 1. The molecule has 4 rings (SSSR count). The van der Waals surface area contributed by atoms with Gasteiger partial charge in [0.1, 0.15) is 0 Å². The molecule has 3 amide bonds. The molecule has 6 heteroatoms. The second-order valence-electron chi connectivity index (χ2n) is 7.69. The van der Waals surface area contributed by atoms with Crippen molar-refractivity contribution < 1.29 is 9.59 Å². The molecule has 0 radical (unpaired) electrons. The van der Waals surface area contributed by atoms with Gasteiger partial charge in [-0.1, -0.05) is 36.4 Å². The van der Waals surface area contributed by atoms with Crippen LogP contribution in [0.5, 0.6) is 0 Å². The number of fused-ring (bicyclic) bond motifs is 3. The van der Waals surface area contributed by atoms with Gasteiger partial charge in [0.15, 0.2) is 0 Å². The van der Waals surface area contributed by atoms with E-state index in [9.17, 15) is 9.59 Å². The molecule has 0 bridgehead atoms. The number of benzene rings is 3. The standard InChI is InChI=1S/C25H26N4O2/c1-3-29-22-7-5-4-6-20(22)21-14-18(10-13-23(21)29)16-28(2)24(30)19-11-8-17(9-12-19)15-27-25(26)31/h4-14H,3,15-16H2,1-2H3,(H3,26,27,31). The first-order valence-corrected chi connectivity index (χ1v) is 10.4. The number of nitrogens with zero attached hydrogens (tertiary/aromatic N) is 2. The van der Waals surface area contributed by atoms with E-state index in [0.717, 1.165) is 17.7 Å². The van der Waals surface area contributed by atoms with Crippen LogP contribution in [-0.4, -0.2) is 28.5 Å². The highest BCUT2D eigenvalue weighted by Crippen LogP contribution is 2.30. The molecule has 0 saturated heterocycles. The number of nitrogens with two attached hydrogens (primary N) is 1. The van der Waals surface area contributed by atoms with Gasteiger partial charge < -0.3 is 20.5 Å². The Balaban J connectivity index is 1.54. The minimum atomic E-state index is -0.570. The van der Waals surface area contributed by atoms with Crippen molar-refractivity contribution in [2.45, 2.75) is 26.6 Å². The molecule has 0 spiro atoms. The maximum atomic E-state index is 12.9. The Morgan fingerprint density at radius 3 is 2.32 bits per heavy atom. The Morgan fingerprint density at radius 1 is 0.935 bits per heavy atom. The molecule has 1 aromatic heterocycles. The molecule has 3 N–H and O–H groups in total. The highest BCUT2D eigenvalue weighted by Gasteiger charge is 2.14. The van der Waals surface area contributed by atoms with Gasteiger partial charge in [0.25, 0.3) is 5.91 Å². The maximum Gasteiger partial charge on any atom is 0.312 e. The Kier molecular flexibility index (Phi) is 5.62. The van der Waals surface area contributed by atoms with Crippen molar-refractivity contribution in [1.29, 1.82) is 0 Å². The van der Waals surface area contributed by atoms with Crippen LogP contribution in [0.4, 0.5) is 4.79 Å². The van der Waals surface area contributed by atoms with Crippen molar-refractivity contribution in [3.63, 3.8) is 0 Å². The highest BCUT2D eigenvalue weighted by atomic mass is 16.2. The largest absolute Gasteiger partial charge is 0.352 e. The number of aromatic nitrogens is 1. The molecule has 0 aliphatic heterocycles. The van der Waals surface area contributed by atoms with E-state index in [2.05, 4.69) is 59.3 Å². The van der Waals surface area contributed by atoms with Gasteiger partial charge in [-0.15, -0.1) is 0 Å². The van der Waals surface area contributed by atoms with Crippen molar-refractivity contribution in [2.24, 2.45) is 5.73 Å². The highest BCUT2D eigenvalue weighted by molar-refractivity contribution is 6.08. The molecular formula is C25H26N4O2. The number of hydrogen-bond acceptors (Lipinski definition) is 2. The lowest BCUT2D eigenvalue weighted by atomic mass is 10.1. The zero-order chi connectivity index (χ0) is 22.0. The molecule has 0 saturated carbocycles. The lowest BCUT2D eigenvalue weighted by Gasteiger charge is -2.18. The van der Waals surface area contributed by atoms with Crippen molar-refractivity contribution in [3.05, 3.63) is 83.4 Å². The van der Waals surface area contributed by atoms with E-state index in [0.29, 0.717) is 18.7 Å². The van der Waals surface area contributed by atoms with Crippen LogP contribution in [0.15, 0.2) is 66.7 Å². The summed E-state index contributed by atoms with van der Waals surface area (Å²) in [6, 6.07) is 21.5. The Morgan fingerprint density at radius 2 is 1.61 bits per heavy atom. The first-order chi connectivity index (χ1) is 15.0. The average Bonchev–Trinajstić information content (AvgIpc) is 3.10. The van der Waals surface area contributed by atoms with Crippen LogP contribution in [0.3, 0.4) is 0 Å². The van der Waals surface area contributed by atoms with Crippen LogP contribution >= 0.6 is 0 Å². The van der Waals surface area contributed by atoms with E-state index in [1.54, 1.807) is 17.0 Å². The predicted molar refractivity (Wildman–Crippen MR) is 124 cm³/mol. The summed E-state index contributed by atoms with van der Waals surface area (Å²) in [6.07, 6.45) is 0. The number of aryl methyl sites for hydroxylation is 1. The van der Waals surface area contributed by atoms with Crippen LogP contribution in [0.1, 0.15) is 28.4 Å². The molecule has 158 valence electrons. The Labute approximate surface area is 181 Å². The number of rotatable bonds is 6. The second-order valence-corrected chi connectivity index (χ2v) is 7.69. The van der Waals surface area contributed by atoms with Crippen molar-refractivity contribution >= 4 is 33.7 Å². The predicted octanol–water partition coefficient (Wildman–Crippen LogP) is 4.25. The summed E-state index contributed by atoms with van der Waals surface area (Å²) in [5, 5.41) is 4.98. The number of urea groups is 1. The summed E-state index contributed by atoms with van der Waals surface area (Å²) >= 11 is 0. The van der Waals surface area contributed by atoms with Gasteiger partial charge in [0, 0.05) is 54.1 Å². The van der Waals surface area contributed by atoms with Gasteiger partial charge in [-0.2, -0.15) is 0 Å². The fraction of sp³-hybridized carbons (Fsp3) is 0.200. The topological polar surface area (TPSA) is 80.4 Å². The smallest absolute Gasteiger partial charge is 0.312 e. The summed E-state index contributed by atoms with van der Waals surface area (Å²) in [6.45, 7) is 3.92. The first kappa shape index (κ1) is 20.5. The van der Waals surface area contributed by atoms with E-state index in [1.807, 2.05) is 19.2 Å². The number of carbonyl (C=O) groups excluding carboxylic acids is 2. The maximum absolute atomic E-state index is 12.9. The van der Waals surface area contributed by atoms with E-state index in [-0.39, 0.29) is 5.91 Å². The molecule has 0 atom stereocenters. The van der Waals surface area contributed by atoms with Crippen LogP contribution < -0.4 is 11.1 Å². The lowest BCUT2D eigenvalue weighted by molar-refractivity contribution is 0.0785. The zero-order valence-corrected chi connectivity index (χ0v) is 17.8. The zero-order valence-electron chi connectivity index (χ0n) is 17.8. The minimum absolute atomic E-state index is 0.0505.